The summed E-state index contributed by atoms with van der Waals surface area (Å²) >= 11 is 0. The molecule has 0 aliphatic rings. The van der Waals surface area contributed by atoms with Gasteiger partial charge >= 0.3 is 0 Å². The average molecular weight is 223 g/mol. The quantitative estimate of drug-likeness (QED) is 0.687. The van der Waals surface area contributed by atoms with Crippen molar-refractivity contribution in [2.24, 2.45) is 0 Å². The number of benzene rings is 1. The van der Waals surface area contributed by atoms with E-state index in [0.29, 0.717) is 6.61 Å². The highest BCUT2D eigenvalue weighted by Crippen LogP contribution is 2.23. The first-order valence-corrected chi connectivity index (χ1v) is 5.92. The molecule has 1 aromatic carbocycles. The molecule has 0 unspecified atom stereocenters. The summed E-state index contributed by atoms with van der Waals surface area (Å²) in [5.41, 5.74) is 1.06. The van der Waals surface area contributed by atoms with E-state index in [1.165, 1.54) is 0 Å². The van der Waals surface area contributed by atoms with Gasteiger partial charge in [0.25, 0.3) is 0 Å². The summed E-state index contributed by atoms with van der Waals surface area (Å²) in [7, 11) is 0. The number of nitrogens with one attached hydrogen (secondary N) is 1. The summed E-state index contributed by atoms with van der Waals surface area (Å²) in [5, 5.41) is 3.35. The van der Waals surface area contributed by atoms with Crippen molar-refractivity contribution in [3.8, 4) is 5.75 Å². The van der Waals surface area contributed by atoms with Crippen LogP contribution in [0.3, 0.4) is 0 Å². The Morgan fingerprint density at radius 1 is 1.12 bits per heavy atom. The highest BCUT2D eigenvalue weighted by Gasteiger charge is 2.00. The molecular weight excluding hydrogens is 202 g/mol. The number of para-hydroxylation sites is 2. The Bertz CT molecular complexity index is 289. The molecule has 0 spiro atoms. The minimum absolute atomic E-state index is 0.692. The molecule has 0 aliphatic heterocycles. The highest BCUT2D eigenvalue weighted by atomic mass is 16.5. The van der Waals surface area contributed by atoms with E-state index in [-0.39, 0.29) is 0 Å². The lowest BCUT2D eigenvalue weighted by Gasteiger charge is -2.11. The zero-order valence-corrected chi connectivity index (χ0v) is 10.2. The molecule has 0 atom stereocenters. The molecule has 3 heteroatoms. The lowest BCUT2D eigenvalue weighted by Crippen LogP contribution is -2.07. The largest absolute Gasteiger partial charge is 0.492 e. The van der Waals surface area contributed by atoms with Crippen molar-refractivity contribution < 1.29 is 9.47 Å². The molecule has 0 heterocycles. The topological polar surface area (TPSA) is 30.5 Å². The molecule has 0 aliphatic carbocycles. The van der Waals surface area contributed by atoms with Crippen LogP contribution in [0, 0.1) is 0 Å². The van der Waals surface area contributed by atoms with Crippen molar-refractivity contribution in [2.75, 3.05) is 31.7 Å². The van der Waals surface area contributed by atoms with E-state index in [2.05, 4.69) is 5.32 Å². The predicted octanol–water partition coefficient (Wildman–Crippen LogP) is 2.92. The zero-order valence-electron chi connectivity index (χ0n) is 10.2. The van der Waals surface area contributed by atoms with Gasteiger partial charge in [-0.05, 0) is 32.4 Å². The first kappa shape index (κ1) is 12.8. The van der Waals surface area contributed by atoms with Crippen LogP contribution < -0.4 is 10.1 Å². The third-order valence-corrected chi connectivity index (χ3v) is 2.17. The Balaban J connectivity index is 2.34. The third-order valence-electron chi connectivity index (χ3n) is 2.17. The monoisotopic (exact) mass is 223 g/mol. The van der Waals surface area contributed by atoms with Gasteiger partial charge < -0.3 is 14.8 Å². The number of anilines is 1. The van der Waals surface area contributed by atoms with Crippen molar-refractivity contribution in [3.05, 3.63) is 24.3 Å². The van der Waals surface area contributed by atoms with Crippen LogP contribution >= 0.6 is 0 Å². The molecule has 0 aromatic heterocycles. The van der Waals surface area contributed by atoms with Crippen molar-refractivity contribution in [1.29, 1.82) is 0 Å². The van der Waals surface area contributed by atoms with Gasteiger partial charge in [-0.1, -0.05) is 12.1 Å². The molecule has 0 bridgehead atoms. The van der Waals surface area contributed by atoms with E-state index in [1.54, 1.807) is 0 Å². The van der Waals surface area contributed by atoms with Gasteiger partial charge in [-0.3, -0.25) is 0 Å². The lowest BCUT2D eigenvalue weighted by molar-refractivity contribution is 0.147. The van der Waals surface area contributed by atoms with E-state index >= 15 is 0 Å². The Hall–Kier alpha value is -1.22. The predicted molar refractivity (Wildman–Crippen MR) is 67.2 cm³/mol. The van der Waals surface area contributed by atoms with Gasteiger partial charge in [0.15, 0.2) is 0 Å². The molecule has 16 heavy (non-hydrogen) atoms. The van der Waals surface area contributed by atoms with Crippen LogP contribution in [0.2, 0.25) is 0 Å². The van der Waals surface area contributed by atoms with Crippen molar-refractivity contribution >= 4 is 5.69 Å². The summed E-state index contributed by atoms with van der Waals surface area (Å²) in [4.78, 5) is 0. The van der Waals surface area contributed by atoms with Gasteiger partial charge in [-0.15, -0.1) is 0 Å². The minimum atomic E-state index is 0.692. The van der Waals surface area contributed by atoms with E-state index in [0.717, 1.165) is 37.6 Å². The van der Waals surface area contributed by atoms with E-state index in [9.17, 15) is 0 Å². The van der Waals surface area contributed by atoms with Crippen LogP contribution in [0.4, 0.5) is 5.69 Å². The lowest BCUT2D eigenvalue weighted by atomic mass is 10.3. The Kier molecular flexibility index (Phi) is 6.42. The van der Waals surface area contributed by atoms with Gasteiger partial charge in [0, 0.05) is 19.8 Å². The van der Waals surface area contributed by atoms with Crippen LogP contribution in [0.15, 0.2) is 24.3 Å². The maximum atomic E-state index is 5.52. The van der Waals surface area contributed by atoms with Crippen molar-refractivity contribution in [2.45, 2.75) is 20.3 Å². The van der Waals surface area contributed by atoms with E-state index in [1.807, 2.05) is 38.1 Å². The molecule has 0 amide bonds. The van der Waals surface area contributed by atoms with Crippen LogP contribution in [-0.4, -0.2) is 26.4 Å². The fourth-order valence-electron chi connectivity index (χ4n) is 1.44. The van der Waals surface area contributed by atoms with E-state index < -0.39 is 0 Å². The zero-order chi connectivity index (χ0) is 11.6. The molecule has 0 radical (unpaired) electrons. The first-order valence-electron chi connectivity index (χ1n) is 5.92. The molecule has 3 nitrogen and oxygen atoms in total. The summed E-state index contributed by atoms with van der Waals surface area (Å²) in [5.74, 6) is 0.918. The number of ether oxygens (including phenoxy) is 2. The molecule has 1 N–H and O–H groups in total. The van der Waals surface area contributed by atoms with Crippen molar-refractivity contribution in [1.82, 2.24) is 0 Å². The number of hydrogen-bond acceptors (Lipinski definition) is 3. The van der Waals surface area contributed by atoms with Gasteiger partial charge in [0.1, 0.15) is 5.75 Å². The minimum Gasteiger partial charge on any atom is -0.492 e. The maximum Gasteiger partial charge on any atom is 0.142 e. The molecule has 90 valence electrons. The normalized spacial score (nSPS) is 10.1. The number of rotatable bonds is 8. The van der Waals surface area contributed by atoms with Gasteiger partial charge in [0.2, 0.25) is 0 Å². The van der Waals surface area contributed by atoms with Crippen molar-refractivity contribution in [3.63, 3.8) is 0 Å². The average Bonchev–Trinajstić information content (AvgIpc) is 2.31. The van der Waals surface area contributed by atoms with Crippen LogP contribution in [0.25, 0.3) is 0 Å². The molecule has 0 saturated heterocycles. The Morgan fingerprint density at radius 2 is 1.94 bits per heavy atom. The molecule has 1 rings (SSSR count). The molecule has 0 saturated carbocycles. The summed E-state index contributed by atoms with van der Waals surface area (Å²) < 4.78 is 10.8. The molecular formula is C13H21NO2. The Morgan fingerprint density at radius 3 is 2.69 bits per heavy atom. The third kappa shape index (κ3) is 4.53. The SMILES string of the molecule is CCOCCCNc1ccccc1OCC. The standard InChI is InChI=1S/C13H21NO2/c1-3-15-11-7-10-14-12-8-5-6-9-13(12)16-4-2/h5-6,8-9,14H,3-4,7,10-11H2,1-2H3. The smallest absolute Gasteiger partial charge is 0.142 e. The highest BCUT2D eigenvalue weighted by molar-refractivity contribution is 5.56. The van der Waals surface area contributed by atoms with Gasteiger partial charge in [-0.25, -0.2) is 0 Å². The first-order chi connectivity index (χ1) is 7.88. The van der Waals surface area contributed by atoms with Gasteiger partial charge in [0.05, 0.1) is 12.3 Å². The summed E-state index contributed by atoms with van der Waals surface area (Å²) in [6.45, 7) is 7.20. The van der Waals surface area contributed by atoms with Crippen LogP contribution in [0.5, 0.6) is 5.75 Å². The molecule has 0 fully saturated rings. The molecule has 1 aromatic rings. The fourth-order valence-corrected chi connectivity index (χ4v) is 1.44. The summed E-state index contributed by atoms with van der Waals surface area (Å²) in [6.07, 6.45) is 1.01. The maximum absolute atomic E-state index is 5.52. The fraction of sp³-hybridized carbons (Fsp3) is 0.538. The Labute approximate surface area is 97.8 Å². The van der Waals surface area contributed by atoms with E-state index in [4.69, 9.17) is 9.47 Å². The number of hydrogen-bond donors (Lipinski definition) is 1. The van der Waals surface area contributed by atoms with Crippen LogP contribution in [0.1, 0.15) is 20.3 Å². The second-order valence-corrected chi connectivity index (χ2v) is 3.41. The second-order valence-electron chi connectivity index (χ2n) is 3.41. The second kappa shape index (κ2) is 7.99. The summed E-state index contributed by atoms with van der Waals surface area (Å²) in [6, 6.07) is 8.00. The van der Waals surface area contributed by atoms with Crippen LogP contribution in [-0.2, 0) is 4.74 Å². The van der Waals surface area contributed by atoms with Gasteiger partial charge in [-0.2, -0.15) is 0 Å².